The minimum Gasteiger partial charge on any atom is -0.314 e. The van der Waals surface area contributed by atoms with Crippen molar-refractivity contribution in [2.24, 2.45) is 0 Å². The minimum absolute atomic E-state index is 0.586. The smallest absolute Gasteiger partial charge is 0.00791 e. The molecule has 108 valence electrons. The summed E-state index contributed by atoms with van der Waals surface area (Å²) in [5, 5.41) is 3.63. The lowest BCUT2D eigenvalue weighted by Gasteiger charge is -2.13. The molecule has 0 radical (unpaired) electrons. The molecule has 1 aromatic rings. The van der Waals surface area contributed by atoms with E-state index in [0.717, 1.165) is 6.42 Å². The molecule has 0 bridgehead atoms. The van der Waals surface area contributed by atoms with E-state index in [1.165, 1.54) is 57.1 Å². The van der Waals surface area contributed by atoms with E-state index >= 15 is 0 Å². The van der Waals surface area contributed by atoms with E-state index in [1.807, 2.05) is 0 Å². The van der Waals surface area contributed by atoms with Crippen LogP contribution in [0.2, 0.25) is 0 Å². The normalized spacial score (nSPS) is 12.5. The van der Waals surface area contributed by atoms with Gasteiger partial charge in [-0.05, 0) is 31.9 Å². The Kier molecular flexibility index (Phi) is 9.44. The van der Waals surface area contributed by atoms with Crippen LogP contribution in [0.3, 0.4) is 0 Å². The van der Waals surface area contributed by atoms with Crippen molar-refractivity contribution in [3.05, 3.63) is 35.9 Å². The zero-order valence-corrected chi connectivity index (χ0v) is 12.8. The quantitative estimate of drug-likeness (QED) is 0.555. The van der Waals surface area contributed by atoms with Crippen molar-refractivity contribution in [3.8, 4) is 0 Å². The number of benzene rings is 1. The fraction of sp³-hybridized carbons (Fsp3) is 0.667. The molecule has 1 heteroatoms. The van der Waals surface area contributed by atoms with Gasteiger partial charge in [-0.2, -0.15) is 0 Å². The summed E-state index contributed by atoms with van der Waals surface area (Å²) in [5.41, 5.74) is 1.43. The summed E-state index contributed by atoms with van der Waals surface area (Å²) in [6.07, 6.45) is 10.9. The van der Waals surface area contributed by atoms with Gasteiger partial charge in [-0.15, -0.1) is 0 Å². The second-order valence-electron chi connectivity index (χ2n) is 5.67. The Morgan fingerprint density at radius 1 is 0.895 bits per heavy atom. The maximum absolute atomic E-state index is 3.63. The lowest BCUT2D eigenvalue weighted by molar-refractivity contribution is 0.509. The van der Waals surface area contributed by atoms with E-state index in [2.05, 4.69) is 49.5 Å². The highest BCUT2D eigenvalue weighted by atomic mass is 14.9. The van der Waals surface area contributed by atoms with Crippen LogP contribution >= 0.6 is 0 Å². The number of hydrogen-bond acceptors (Lipinski definition) is 1. The molecule has 1 unspecified atom stereocenters. The number of rotatable bonds is 11. The Labute approximate surface area is 119 Å². The Morgan fingerprint density at radius 2 is 1.53 bits per heavy atom. The molecule has 1 N–H and O–H groups in total. The molecule has 0 aromatic heterocycles. The summed E-state index contributed by atoms with van der Waals surface area (Å²) < 4.78 is 0. The third-order valence-corrected chi connectivity index (χ3v) is 3.66. The standard InChI is InChI=1S/C18H31N/c1-3-4-5-6-7-8-12-15-19-17(2)16-18-13-10-9-11-14-18/h9-11,13-14,17,19H,3-8,12,15-16H2,1-2H3. The monoisotopic (exact) mass is 261 g/mol. The average Bonchev–Trinajstić information content (AvgIpc) is 2.43. The van der Waals surface area contributed by atoms with Crippen molar-refractivity contribution in [1.29, 1.82) is 0 Å². The minimum atomic E-state index is 0.586. The van der Waals surface area contributed by atoms with Gasteiger partial charge in [0.2, 0.25) is 0 Å². The van der Waals surface area contributed by atoms with Crippen LogP contribution in [0.4, 0.5) is 0 Å². The summed E-state index contributed by atoms with van der Waals surface area (Å²) in [6, 6.07) is 11.3. The average molecular weight is 261 g/mol. The van der Waals surface area contributed by atoms with Crippen LogP contribution < -0.4 is 5.32 Å². The van der Waals surface area contributed by atoms with Crippen molar-refractivity contribution in [1.82, 2.24) is 5.32 Å². The zero-order valence-electron chi connectivity index (χ0n) is 12.8. The van der Waals surface area contributed by atoms with Gasteiger partial charge < -0.3 is 5.32 Å². The highest BCUT2D eigenvalue weighted by Gasteiger charge is 2.01. The van der Waals surface area contributed by atoms with Gasteiger partial charge in [0, 0.05) is 6.04 Å². The van der Waals surface area contributed by atoms with Gasteiger partial charge in [-0.25, -0.2) is 0 Å². The highest BCUT2D eigenvalue weighted by molar-refractivity contribution is 5.15. The summed E-state index contributed by atoms with van der Waals surface area (Å²) in [7, 11) is 0. The SMILES string of the molecule is CCCCCCCCCNC(C)Cc1ccccc1. The van der Waals surface area contributed by atoms with Crippen LogP contribution in [-0.2, 0) is 6.42 Å². The van der Waals surface area contributed by atoms with Gasteiger partial charge >= 0.3 is 0 Å². The molecule has 0 aliphatic heterocycles. The Morgan fingerprint density at radius 3 is 2.21 bits per heavy atom. The molecule has 0 aliphatic rings. The Hall–Kier alpha value is -0.820. The molecule has 19 heavy (non-hydrogen) atoms. The molecule has 1 nitrogen and oxygen atoms in total. The van der Waals surface area contributed by atoms with Crippen LogP contribution in [0.15, 0.2) is 30.3 Å². The molecule has 1 atom stereocenters. The molecule has 0 fully saturated rings. The van der Waals surface area contributed by atoms with Crippen molar-refractivity contribution in [2.75, 3.05) is 6.54 Å². The van der Waals surface area contributed by atoms with Gasteiger partial charge in [-0.1, -0.05) is 75.8 Å². The molecule has 0 spiro atoms. The van der Waals surface area contributed by atoms with E-state index in [1.54, 1.807) is 0 Å². The molecule has 0 saturated carbocycles. The lowest BCUT2D eigenvalue weighted by atomic mass is 10.1. The fourth-order valence-corrected chi connectivity index (χ4v) is 2.47. The van der Waals surface area contributed by atoms with Gasteiger partial charge in [-0.3, -0.25) is 0 Å². The fourth-order valence-electron chi connectivity index (χ4n) is 2.47. The van der Waals surface area contributed by atoms with Crippen molar-refractivity contribution in [3.63, 3.8) is 0 Å². The van der Waals surface area contributed by atoms with Crippen molar-refractivity contribution >= 4 is 0 Å². The Bertz CT molecular complexity index is 294. The molecular formula is C18H31N. The van der Waals surface area contributed by atoms with E-state index in [-0.39, 0.29) is 0 Å². The van der Waals surface area contributed by atoms with Crippen molar-refractivity contribution in [2.45, 2.75) is 71.3 Å². The first-order valence-electron chi connectivity index (χ1n) is 8.10. The maximum Gasteiger partial charge on any atom is 0.00791 e. The first-order valence-corrected chi connectivity index (χ1v) is 8.10. The van der Waals surface area contributed by atoms with Crippen LogP contribution in [0.25, 0.3) is 0 Å². The lowest BCUT2D eigenvalue weighted by Crippen LogP contribution is -2.28. The third-order valence-electron chi connectivity index (χ3n) is 3.66. The topological polar surface area (TPSA) is 12.0 Å². The van der Waals surface area contributed by atoms with Gasteiger partial charge in [0.05, 0.1) is 0 Å². The second kappa shape index (κ2) is 11.0. The summed E-state index contributed by atoms with van der Waals surface area (Å²) in [4.78, 5) is 0. The first-order chi connectivity index (χ1) is 9.33. The van der Waals surface area contributed by atoms with E-state index in [4.69, 9.17) is 0 Å². The van der Waals surface area contributed by atoms with Crippen LogP contribution in [0.5, 0.6) is 0 Å². The zero-order chi connectivity index (χ0) is 13.8. The summed E-state index contributed by atoms with van der Waals surface area (Å²) >= 11 is 0. The van der Waals surface area contributed by atoms with E-state index in [0.29, 0.717) is 6.04 Å². The molecule has 1 aromatic carbocycles. The molecule has 1 rings (SSSR count). The first kappa shape index (κ1) is 16.2. The predicted molar refractivity (Wildman–Crippen MR) is 85.6 cm³/mol. The molecule has 0 aliphatic carbocycles. The largest absolute Gasteiger partial charge is 0.314 e. The second-order valence-corrected chi connectivity index (χ2v) is 5.67. The van der Waals surface area contributed by atoms with Crippen LogP contribution in [0.1, 0.15) is 64.4 Å². The number of unbranched alkanes of at least 4 members (excludes halogenated alkanes) is 6. The van der Waals surface area contributed by atoms with Crippen LogP contribution in [-0.4, -0.2) is 12.6 Å². The summed E-state index contributed by atoms with van der Waals surface area (Å²) in [6.45, 7) is 5.73. The Balaban J connectivity index is 1.94. The van der Waals surface area contributed by atoms with Crippen LogP contribution in [0, 0.1) is 0 Å². The number of nitrogens with one attached hydrogen (secondary N) is 1. The van der Waals surface area contributed by atoms with E-state index < -0.39 is 0 Å². The van der Waals surface area contributed by atoms with Crippen molar-refractivity contribution < 1.29 is 0 Å². The molecule has 0 heterocycles. The van der Waals surface area contributed by atoms with Gasteiger partial charge in [0.25, 0.3) is 0 Å². The predicted octanol–water partition coefficient (Wildman–Crippen LogP) is 4.96. The molecule has 0 saturated heterocycles. The molecule has 0 amide bonds. The highest BCUT2D eigenvalue weighted by Crippen LogP contribution is 2.07. The third kappa shape index (κ3) is 8.83. The van der Waals surface area contributed by atoms with Gasteiger partial charge in [0.1, 0.15) is 0 Å². The van der Waals surface area contributed by atoms with Gasteiger partial charge in [0.15, 0.2) is 0 Å². The summed E-state index contributed by atoms with van der Waals surface area (Å²) in [5.74, 6) is 0. The maximum atomic E-state index is 3.63. The number of hydrogen-bond donors (Lipinski definition) is 1. The van der Waals surface area contributed by atoms with E-state index in [9.17, 15) is 0 Å². The molecular weight excluding hydrogens is 230 g/mol.